The smallest absolute Gasteiger partial charge is 0.336 e. The van der Waals surface area contributed by atoms with Crippen LogP contribution in [-0.4, -0.2) is 70.4 Å². The highest BCUT2D eigenvalue weighted by atomic mass is 79.9. The molecule has 0 saturated carbocycles. The van der Waals surface area contributed by atoms with E-state index in [4.69, 9.17) is 16.3 Å². The molecule has 1 unspecified atom stereocenters. The zero-order valence-corrected chi connectivity index (χ0v) is 14.6. The van der Waals surface area contributed by atoms with E-state index >= 15 is 0 Å². The molecule has 2 aliphatic heterocycles. The third kappa shape index (κ3) is 2.10. The summed E-state index contributed by atoms with van der Waals surface area (Å²) in [5.41, 5.74) is -5.82. The molecule has 0 aromatic heterocycles. The molecule has 9 nitrogen and oxygen atoms in total. The molecule has 0 spiro atoms. The molecule has 25 heavy (non-hydrogen) atoms. The van der Waals surface area contributed by atoms with Crippen LogP contribution in [0.5, 0.6) is 0 Å². The van der Waals surface area contributed by atoms with Gasteiger partial charge in [-0.05, 0) is 22.0 Å². The lowest BCUT2D eigenvalue weighted by Crippen LogP contribution is -2.82. The lowest BCUT2D eigenvalue weighted by atomic mass is 9.68. The summed E-state index contributed by atoms with van der Waals surface area (Å²) in [4.78, 5) is 15.5. The summed E-state index contributed by atoms with van der Waals surface area (Å²) in [6, 6.07) is 5.85. The average Bonchev–Trinajstić information content (AvgIpc) is 2.89. The summed E-state index contributed by atoms with van der Waals surface area (Å²) in [5, 5.41) is 59.1. The van der Waals surface area contributed by atoms with Crippen molar-refractivity contribution in [3.8, 4) is 0 Å². The number of hydrogen-bond donors (Lipinski definition) is 6. The maximum atomic E-state index is 11.6. The minimum atomic E-state index is -3.32. The van der Waals surface area contributed by atoms with Crippen molar-refractivity contribution in [2.45, 2.75) is 33.2 Å². The Balaban J connectivity index is 2.30. The van der Waals surface area contributed by atoms with E-state index in [9.17, 15) is 35.4 Å². The van der Waals surface area contributed by atoms with E-state index in [2.05, 4.69) is 20.9 Å². The van der Waals surface area contributed by atoms with Gasteiger partial charge in [0.1, 0.15) is 0 Å². The van der Waals surface area contributed by atoms with Crippen LogP contribution in [0.1, 0.15) is 5.56 Å². The Hall–Kier alpha value is -1.11. The number of benzene rings is 1. The van der Waals surface area contributed by atoms with Crippen molar-refractivity contribution >= 4 is 45.4 Å². The molecule has 1 fully saturated rings. The second kappa shape index (κ2) is 5.44. The van der Waals surface area contributed by atoms with Crippen LogP contribution in [0.15, 0.2) is 29.3 Å². The number of carboxylic acids is 1. The number of halogens is 2. The van der Waals surface area contributed by atoms with Gasteiger partial charge in [0.2, 0.25) is 9.57 Å². The summed E-state index contributed by atoms with van der Waals surface area (Å²) < 4.78 is 1.82. The number of carboxylic acid groups (broad SMARTS) is 1. The Kier molecular flexibility index (Phi) is 4.07. The second-order valence-electron chi connectivity index (χ2n) is 5.81. The third-order valence-electron chi connectivity index (χ3n) is 4.45. The maximum Gasteiger partial charge on any atom is 0.336 e. The lowest BCUT2D eigenvalue weighted by molar-refractivity contribution is -0.360. The fourth-order valence-corrected chi connectivity index (χ4v) is 3.80. The zero-order valence-electron chi connectivity index (χ0n) is 12.2. The molecule has 136 valence electrons. The standard InChI is InChI=1S/C14H13BrClNO8/c15-13(23)10(20)25-8(9(18)19)12(22,14(13,16)24)11(21)5-17-7-4-2-1-3-6(7)11/h1-5,8,10,20-24H,(H,18,19)/t8-,10-,11?,12+,13+,14+/m1/s1. The van der Waals surface area contributed by atoms with E-state index in [0.29, 0.717) is 0 Å². The minimum Gasteiger partial charge on any atom is -0.479 e. The average molecular weight is 439 g/mol. The number of aliphatic hydroxyl groups excluding tert-OH is 1. The molecular formula is C14H13BrClNO8. The van der Waals surface area contributed by atoms with Gasteiger partial charge in [0.25, 0.3) is 0 Å². The van der Waals surface area contributed by atoms with Crippen LogP contribution in [0.2, 0.25) is 0 Å². The molecule has 1 aromatic rings. The molecule has 11 heteroatoms. The number of ether oxygens (including phenoxy) is 1. The number of para-hydroxylation sites is 1. The van der Waals surface area contributed by atoms with Gasteiger partial charge in [0.05, 0.1) is 5.69 Å². The number of rotatable bonds is 2. The van der Waals surface area contributed by atoms with Crippen LogP contribution in [0, 0.1) is 0 Å². The van der Waals surface area contributed by atoms with E-state index in [0.717, 1.165) is 6.21 Å². The number of aliphatic hydroxyl groups is 5. The molecule has 6 atom stereocenters. The number of hydrogen-bond acceptors (Lipinski definition) is 8. The predicted octanol–water partition coefficient (Wildman–Crippen LogP) is -0.866. The van der Waals surface area contributed by atoms with Crippen molar-refractivity contribution in [3.63, 3.8) is 0 Å². The van der Waals surface area contributed by atoms with Crippen molar-refractivity contribution in [1.29, 1.82) is 0 Å². The molecule has 1 aromatic carbocycles. The van der Waals surface area contributed by atoms with E-state index in [1.165, 1.54) is 18.2 Å². The molecule has 0 bridgehead atoms. The quantitative estimate of drug-likeness (QED) is 0.325. The Bertz CT molecular complexity index is 771. The minimum absolute atomic E-state index is 0.0777. The first-order chi connectivity index (χ1) is 11.4. The predicted molar refractivity (Wildman–Crippen MR) is 86.6 cm³/mol. The van der Waals surface area contributed by atoms with Crippen molar-refractivity contribution in [3.05, 3.63) is 29.8 Å². The molecule has 1 saturated heterocycles. The fourth-order valence-electron chi connectivity index (χ4n) is 3.06. The molecule has 2 heterocycles. The second-order valence-corrected chi connectivity index (χ2v) is 7.57. The monoisotopic (exact) mass is 437 g/mol. The molecular weight excluding hydrogens is 426 g/mol. The summed E-state index contributed by atoms with van der Waals surface area (Å²) in [7, 11) is 0. The number of aliphatic carboxylic acids is 1. The van der Waals surface area contributed by atoms with Gasteiger partial charge < -0.3 is 35.4 Å². The van der Waals surface area contributed by atoms with E-state index < -0.39 is 39.1 Å². The van der Waals surface area contributed by atoms with E-state index in [-0.39, 0.29) is 11.3 Å². The van der Waals surface area contributed by atoms with Gasteiger partial charge in [-0.2, -0.15) is 0 Å². The first-order valence-corrected chi connectivity index (χ1v) is 8.06. The van der Waals surface area contributed by atoms with E-state index in [1.807, 2.05) is 0 Å². The van der Waals surface area contributed by atoms with Gasteiger partial charge >= 0.3 is 5.97 Å². The number of carbonyl (C=O) groups is 1. The Labute approximate surface area is 153 Å². The van der Waals surface area contributed by atoms with Gasteiger partial charge in [-0.25, -0.2) is 4.79 Å². The highest BCUT2D eigenvalue weighted by Gasteiger charge is 2.79. The summed E-state index contributed by atoms with van der Waals surface area (Å²) in [6.45, 7) is 0. The first kappa shape index (κ1) is 18.7. The first-order valence-electron chi connectivity index (χ1n) is 6.89. The van der Waals surface area contributed by atoms with Crippen LogP contribution in [0.25, 0.3) is 0 Å². The highest BCUT2D eigenvalue weighted by molar-refractivity contribution is 9.10. The van der Waals surface area contributed by atoms with Crippen LogP contribution in [0.3, 0.4) is 0 Å². The Morgan fingerprint density at radius 3 is 2.44 bits per heavy atom. The lowest BCUT2D eigenvalue weighted by Gasteiger charge is -2.57. The van der Waals surface area contributed by atoms with Gasteiger partial charge in [0.15, 0.2) is 23.6 Å². The van der Waals surface area contributed by atoms with Gasteiger partial charge in [-0.15, -0.1) is 0 Å². The van der Waals surface area contributed by atoms with Crippen molar-refractivity contribution in [2.75, 3.05) is 0 Å². The molecule has 3 rings (SSSR count). The van der Waals surface area contributed by atoms with Crippen molar-refractivity contribution < 1.29 is 40.2 Å². The van der Waals surface area contributed by atoms with E-state index in [1.54, 1.807) is 6.07 Å². The summed E-state index contributed by atoms with van der Waals surface area (Å²) in [5.74, 6) is -1.85. The maximum absolute atomic E-state index is 11.6. The van der Waals surface area contributed by atoms with Gasteiger partial charge in [0, 0.05) is 11.8 Å². The fraction of sp³-hybridized carbons (Fsp3) is 0.429. The Morgan fingerprint density at radius 2 is 1.84 bits per heavy atom. The van der Waals surface area contributed by atoms with Crippen LogP contribution >= 0.6 is 27.5 Å². The van der Waals surface area contributed by atoms with Crippen LogP contribution in [0.4, 0.5) is 5.69 Å². The van der Waals surface area contributed by atoms with Crippen molar-refractivity contribution in [2.24, 2.45) is 4.99 Å². The van der Waals surface area contributed by atoms with Crippen LogP contribution < -0.4 is 0 Å². The van der Waals surface area contributed by atoms with Crippen LogP contribution in [-0.2, 0) is 15.1 Å². The summed E-state index contributed by atoms with van der Waals surface area (Å²) in [6.07, 6.45) is -3.98. The molecule has 0 radical (unpaired) electrons. The van der Waals surface area contributed by atoms with Crippen molar-refractivity contribution in [1.82, 2.24) is 0 Å². The SMILES string of the molecule is O=C(O)[C@H]1O[C@@H](O)[C@@](O)(Br)[C@](O)(Cl)[C@@]1(O)C1(O)C=Nc2ccccc21. The number of alkyl halides is 2. The number of aliphatic imine (C=N–C) groups is 1. The normalized spacial score (nSPS) is 46.0. The molecule has 2 aliphatic rings. The topological polar surface area (TPSA) is 160 Å². The largest absolute Gasteiger partial charge is 0.479 e. The Morgan fingerprint density at radius 1 is 1.24 bits per heavy atom. The molecule has 6 N–H and O–H groups in total. The van der Waals surface area contributed by atoms with Gasteiger partial charge in [-0.3, -0.25) is 4.99 Å². The zero-order chi connectivity index (χ0) is 18.8. The number of nitrogens with zero attached hydrogens (tertiary/aromatic N) is 1. The summed E-state index contributed by atoms with van der Waals surface area (Å²) >= 11 is 8.46. The van der Waals surface area contributed by atoms with Gasteiger partial charge in [-0.1, -0.05) is 29.8 Å². The molecule has 0 aliphatic carbocycles. The number of fused-ring (bicyclic) bond motifs is 1. The highest BCUT2D eigenvalue weighted by Crippen LogP contribution is 2.57. The molecule has 0 amide bonds. The third-order valence-corrected chi connectivity index (χ3v) is 6.22.